The topological polar surface area (TPSA) is 102 Å². The van der Waals surface area contributed by atoms with Gasteiger partial charge in [0.15, 0.2) is 0 Å². The fourth-order valence-corrected chi connectivity index (χ4v) is 2.31. The molecule has 2 aromatic rings. The number of carbonyl (C=O) groups is 3. The SMILES string of the molecule is O=C(O)CC(CC(=O)OCc1ccccc1)NC(=O)OCc1ccccc1. The van der Waals surface area contributed by atoms with Gasteiger partial charge >= 0.3 is 18.0 Å². The first-order valence-corrected chi connectivity index (χ1v) is 8.41. The van der Waals surface area contributed by atoms with E-state index >= 15 is 0 Å². The van der Waals surface area contributed by atoms with E-state index in [1.165, 1.54) is 0 Å². The number of aliphatic carboxylic acids is 1. The maximum Gasteiger partial charge on any atom is 0.407 e. The van der Waals surface area contributed by atoms with Gasteiger partial charge in [0.2, 0.25) is 0 Å². The van der Waals surface area contributed by atoms with Crippen molar-refractivity contribution < 1.29 is 29.0 Å². The Morgan fingerprint density at radius 2 is 1.33 bits per heavy atom. The highest BCUT2D eigenvalue weighted by Crippen LogP contribution is 2.06. The molecule has 1 unspecified atom stereocenters. The summed E-state index contributed by atoms with van der Waals surface area (Å²) in [7, 11) is 0. The molecule has 0 bridgehead atoms. The van der Waals surface area contributed by atoms with Gasteiger partial charge in [-0.3, -0.25) is 9.59 Å². The number of alkyl carbamates (subject to hydrolysis) is 1. The molecule has 0 aliphatic heterocycles. The molecule has 142 valence electrons. The number of amides is 1. The number of esters is 1. The van der Waals surface area contributed by atoms with E-state index in [-0.39, 0.29) is 19.6 Å². The quantitative estimate of drug-likeness (QED) is 0.657. The molecule has 1 atom stereocenters. The van der Waals surface area contributed by atoms with Gasteiger partial charge in [-0.05, 0) is 11.1 Å². The Kier molecular flexibility index (Phi) is 7.84. The summed E-state index contributed by atoms with van der Waals surface area (Å²) in [5.41, 5.74) is 1.61. The summed E-state index contributed by atoms with van der Waals surface area (Å²) in [6, 6.07) is 17.2. The minimum Gasteiger partial charge on any atom is -0.481 e. The van der Waals surface area contributed by atoms with Crippen molar-refractivity contribution in [2.75, 3.05) is 0 Å². The third-order valence-electron chi connectivity index (χ3n) is 3.61. The molecule has 0 radical (unpaired) electrons. The van der Waals surface area contributed by atoms with Gasteiger partial charge in [0.25, 0.3) is 0 Å². The molecule has 0 saturated heterocycles. The van der Waals surface area contributed by atoms with E-state index in [9.17, 15) is 14.4 Å². The Morgan fingerprint density at radius 1 is 0.815 bits per heavy atom. The number of carbonyl (C=O) groups excluding carboxylic acids is 2. The van der Waals surface area contributed by atoms with Gasteiger partial charge in [-0.15, -0.1) is 0 Å². The summed E-state index contributed by atoms with van der Waals surface area (Å²) >= 11 is 0. The van der Waals surface area contributed by atoms with Crippen LogP contribution in [0, 0.1) is 0 Å². The summed E-state index contributed by atoms with van der Waals surface area (Å²) < 4.78 is 10.2. The molecular weight excluding hydrogens is 350 g/mol. The van der Waals surface area contributed by atoms with Crippen molar-refractivity contribution in [1.82, 2.24) is 5.32 Å². The van der Waals surface area contributed by atoms with Crippen molar-refractivity contribution in [2.45, 2.75) is 32.1 Å². The molecule has 0 spiro atoms. The Labute approximate surface area is 156 Å². The van der Waals surface area contributed by atoms with Crippen LogP contribution in [-0.4, -0.2) is 29.2 Å². The largest absolute Gasteiger partial charge is 0.481 e. The summed E-state index contributed by atoms with van der Waals surface area (Å²) in [6.07, 6.45) is -1.47. The molecule has 0 aromatic heterocycles. The van der Waals surface area contributed by atoms with Gasteiger partial charge in [0.1, 0.15) is 13.2 Å². The molecule has 2 N–H and O–H groups in total. The lowest BCUT2D eigenvalue weighted by Gasteiger charge is -2.16. The number of rotatable bonds is 9. The summed E-state index contributed by atoms with van der Waals surface area (Å²) in [5.74, 6) is -1.74. The van der Waals surface area contributed by atoms with Gasteiger partial charge < -0.3 is 19.9 Å². The first-order chi connectivity index (χ1) is 13.0. The highest BCUT2D eigenvalue weighted by atomic mass is 16.5. The number of ether oxygens (including phenoxy) is 2. The standard InChI is InChI=1S/C20H21NO6/c22-18(23)11-17(12-19(24)26-13-15-7-3-1-4-8-15)21-20(25)27-14-16-9-5-2-6-10-16/h1-10,17H,11-14H2,(H,21,25)(H,22,23). The molecule has 0 aliphatic rings. The first-order valence-electron chi connectivity index (χ1n) is 8.41. The van der Waals surface area contributed by atoms with E-state index in [1.54, 1.807) is 24.3 Å². The molecule has 0 aliphatic carbocycles. The second kappa shape index (κ2) is 10.6. The van der Waals surface area contributed by atoms with Crippen molar-refractivity contribution in [3.05, 3.63) is 71.8 Å². The van der Waals surface area contributed by atoms with E-state index < -0.39 is 30.5 Å². The van der Waals surface area contributed by atoms with Gasteiger partial charge in [-0.2, -0.15) is 0 Å². The van der Waals surface area contributed by atoms with Crippen LogP contribution >= 0.6 is 0 Å². The molecule has 7 heteroatoms. The van der Waals surface area contributed by atoms with Crippen LogP contribution in [0.3, 0.4) is 0 Å². The van der Waals surface area contributed by atoms with Crippen LogP contribution in [0.15, 0.2) is 60.7 Å². The average Bonchev–Trinajstić information content (AvgIpc) is 2.66. The minimum atomic E-state index is -1.14. The smallest absolute Gasteiger partial charge is 0.407 e. The van der Waals surface area contributed by atoms with Gasteiger partial charge in [-0.25, -0.2) is 4.79 Å². The van der Waals surface area contributed by atoms with Gasteiger partial charge in [0, 0.05) is 0 Å². The van der Waals surface area contributed by atoms with Crippen LogP contribution in [-0.2, 0) is 32.3 Å². The first kappa shape index (κ1) is 20.0. The molecule has 2 aromatic carbocycles. The Balaban J connectivity index is 1.81. The van der Waals surface area contributed by atoms with Crippen LogP contribution in [0.4, 0.5) is 4.79 Å². The molecular formula is C20H21NO6. The molecule has 2 rings (SSSR count). The van der Waals surface area contributed by atoms with E-state index in [0.29, 0.717) is 0 Å². The second-order valence-corrected chi connectivity index (χ2v) is 5.85. The number of hydrogen-bond donors (Lipinski definition) is 2. The van der Waals surface area contributed by atoms with E-state index in [4.69, 9.17) is 14.6 Å². The van der Waals surface area contributed by atoms with Crippen LogP contribution in [0.25, 0.3) is 0 Å². The maximum absolute atomic E-state index is 12.0. The summed E-state index contributed by atoms with van der Waals surface area (Å²) in [4.78, 5) is 34.8. The highest BCUT2D eigenvalue weighted by Gasteiger charge is 2.21. The van der Waals surface area contributed by atoms with Crippen molar-refractivity contribution in [1.29, 1.82) is 0 Å². The fraction of sp³-hybridized carbons (Fsp3) is 0.250. The van der Waals surface area contributed by atoms with E-state index in [2.05, 4.69) is 5.32 Å². The lowest BCUT2D eigenvalue weighted by atomic mass is 10.1. The van der Waals surface area contributed by atoms with Gasteiger partial charge in [0.05, 0.1) is 18.9 Å². The lowest BCUT2D eigenvalue weighted by Crippen LogP contribution is -2.38. The monoisotopic (exact) mass is 371 g/mol. The Morgan fingerprint density at radius 3 is 1.85 bits per heavy atom. The second-order valence-electron chi connectivity index (χ2n) is 5.85. The molecule has 1 amide bonds. The normalized spacial score (nSPS) is 11.3. The van der Waals surface area contributed by atoms with Crippen molar-refractivity contribution >= 4 is 18.0 Å². The summed E-state index contributed by atoms with van der Waals surface area (Å²) in [5, 5.41) is 11.4. The predicted octanol–water partition coefficient (Wildman–Crippen LogP) is 2.89. The zero-order valence-corrected chi connectivity index (χ0v) is 14.7. The molecule has 0 fully saturated rings. The van der Waals surface area contributed by atoms with Crippen LogP contribution in [0.5, 0.6) is 0 Å². The maximum atomic E-state index is 12.0. The Bertz CT molecular complexity index is 690. The van der Waals surface area contributed by atoms with Crippen LogP contribution in [0.1, 0.15) is 24.0 Å². The Hall–Kier alpha value is -3.35. The number of carboxylic acids is 1. The predicted molar refractivity (Wildman–Crippen MR) is 96.7 cm³/mol. The van der Waals surface area contributed by atoms with Gasteiger partial charge in [-0.1, -0.05) is 60.7 Å². The van der Waals surface area contributed by atoms with E-state index in [0.717, 1.165) is 11.1 Å². The van der Waals surface area contributed by atoms with E-state index in [1.807, 2.05) is 36.4 Å². The number of nitrogens with one attached hydrogen (secondary N) is 1. The molecule has 0 heterocycles. The van der Waals surface area contributed by atoms with Crippen molar-refractivity contribution in [3.63, 3.8) is 0 Å². The zero-order chi connectivity index (χ0) is 19.5. The zero-order valence-electron chi connectivity index (χ0n) is 14.7. The molecule has 0 saturated carbocycles. The lowest BCUT2D eigenvalue weighted by molar-refractivity contribution is -0.146. The highest BCUT2D eigenvalue weighted by molar-refractivity contribution is 5.75. The number of benzene rings is 2. The number of hydrogen-bond acceptors (Lipinski definition) is 5. The van der Waals surface area contributed by atoms with Crippen LogP contribution in [0.2, 0.25) is 0 Å². The minimum absolute atomic E-state index is 0.0465. The fourth-order valence-electron chi connectivity index (χ4n) is 2.31. The van der Waals surface area contributed by atoms with Crippen molar-refractivity contribution in [2.24, 2.45) is 0 Å². The molecule has 7 nitrogen and oxygen atoms in total. The van der Waals surface area contributed by atoms with Crippen molar-refractivity contribution in [3.8, 4) is 0 Å². The average molecular weight is 371 g/mol. The molecule has 27 heavy (non-hydrogen) atoms. The third kappa shape index (κ3) is 8.04. The van der Waals surface area contributed by atoms with Crippen LogP contribution < -0.4 is 5.32 Å². The third-order valence-corrected chi connectivity index (χ3v) is 3.61. The number of carboxylic acid groups (broad SMARTS) is 1. The summed E-state index contributed by atoms with van der Waals surface area (Å²) in [6.45, 7) is 0.128.